The Kier molecular flexibility index (Phi) is 3.22. The molecule has 0 unspecified atom stereocenters. The second-order valence-corrected chi connectivity index (χ2v) is 3.96. The third-order valence-electron chi connectivity index (χ3n) is 2.49. The molecule has 2 rings (SSSR count). The van der Waals surface area contributed by atoms with Gasteiger partial charge in [0.05, 0.1) is 4.92 Å². The van der Waals surface area contributed by atoms with Gasteiger partial charge in [0.25, 0.3) is 5.69 Å². The van der Waals surface area contributed by atoms with Crippen molar-refractivity contribution in [2.24, 2.45) is 5.92 Å². The highest BCUT2D eigenvalue weighted by Gasteiger charge is 2.22. The predicted molar refractivity (Wildman–Crippen MR) is 59.8 cm³/mol. The van der Waals surface area contributed by atoms with Crippen molar-refractivity contribution >= 4 is 11.8 Å². The van der Waals surface area contributed by atoms with Gasteiger partial charge in [-0.3, -0.25) is 10.1 Å². The van der Waals surface area contributed by atoms with E-state index in [1.807, 2.05) is 0 Å². The van der Waals surface area contributed by atoms with Crippen LogP contribution in [0.1, 0.15) is 12.8 Å². The SMILES string of the molecule is O=C(NCC1CC1)Oc1ccc([N+](=O)[O-])cc1. The third kappa shape index (κ3) is 3.44. The molecule has 1 saturated carbocycles. The summed E-state index contributed by atoms with van der Waals surface area (Å²) in [6.45, 7) is 0.631. The van der Waals surface area contributed by atoms with E-state index in [4.69, 9.17) is 4.74 Å². The largest absolute Gasteiger partial charge is 0.412 e. The highest BCUT2D eigenvalue weighted by molar-refractivity contribution is 5.70. The molecule has 1 N–H and O–H groups in total. The predicted octanol–water partition coefficient (Wildman–Crippen LogP) is 2.09. The molecule has 0 saturated heterocycles. The molecule has 90 valence electrons. The van der Waals surface area contributed by atoms with Crippen molar-refractivity contribution in [3.8, 4) is 5.75 Å². The van der Waals surface area contributed by atoms with Crippen LogP contribution >= 0.6 is 0 Å². The van der Waals surface area contributed by atoms with Crippen LogP contribution in [-0.4, -0.2) is 17.6 Å². The Morgan fingerprint density at radius 3 is 2.59 bits per heavy atom. The molecule has 0 heterocycles. The van der Waals surface area contributed by atoms with Gasteiger partial charge in [-0.05, 0) is 30.9 Å². The molecule has 1 amide bonds. The standard InChI is InChI=1S/C11H12N2O4/c14-11(12-7-8-1-2-8)17-10-5-3-9(4-6-10)13(15)16/h3-6,8H,1-2,7H2,(H,12,14). The Morgan fingerprint density at radius 2 is 2.06 bits per heavy atom. The number of benzene rings is 1. The first kappa shape index (κ1) is 11.4. The first-order valence-electron chi connectivity index (χ1n) is 5.35. The summed E-state index contributed by atoms with van der Waals surface area (Å²) in [5.41, 5.74) is -0.0317. The number of carbonyl (C=O) groups excluding carboxylic acids is 1. The number of rotatable bonds is 4. The summed E-state index contributed by atoms with van der Waals surface area (Å²) in [7, 11) is 0. The van der Waals surface area contributed by atoms with Crippen LogP contribution in [0.3, 0.4) is 0 Å². The normalized spacial score (nSPS) is 14.1. The lowest BCUT2D eigenvalue weighted by Crippen LogP contribution is -2.28. The van der Waals surface area contributed by atoms with E-state index in [-0.39, 0.29) is 5.69 Å². The van der Waals surface area contributed by atoms with Crippen LogP contribution in [-0.2, 0) is 0 Å². The molecular formula is C11H12N2O4. The van der Waals surface area contributed by atoms with Gasteiger partial charge in [-0.15, -0.1) is 0 Å². The number of hydrogen-bond acceptors (Lipinski definition) is 4. The van der Waals surface area contributed by atoms with E-state index in [1.165, 1.54) is 24.3 Å². The molecule has 1 fully saturated rings. The lowest BCUT2D eigenvalue weighted by molar-refractivity contribution is -0.384. The van der Waals surface area contributed by atoms with Gasteiger partial charge in [0, 0.05) is 18.7 Å². The molecule has 6 heteroatoms. The van der Waals surface area contributed by atoms with Crippen LogP contribution in [0.4, 0.5) is 10.5 Å². The van der Waals surface area contributed by atoms with Crippen molar-refractivity contribution < 1.29 is 14.5 Å². The van der Waals surface area contributed by atoms with Crippen LogP contribution in [0.5, 0.6) is 5.75 Å². The second kappa shape index (κ2) is 4.82. The number of carbonyl (C=O) groups is 1. The van der Waals surface area contributed by atoms with Crippen molar-refractivity contribution in [3.63, 3.8) is 0 Å². The summed E-state index contributed by atoms with van der Waals surface area (Å²) < 4.78 is 4.95. The lowest BCUT2D eigenvalue weighted by atomic mass is 10.3. The van der Waals surface area contributed by atoms with E-state index in [0.29, 0.717) is 18.2 Å². The van der Waals surface area contributed by atoms with Gasteiger partial charge in [-0.25, -0.2) is 4.79 Å². The first-order valence-corrected chi connectivity index (χ1v) is 5.35. The van der Waals surface area contributed by atoms with Crippen LogP contribution in [0, 0.1) is 16.0 Å². The molecule has 1 aromatic rings. The van der Waals surface area contributed by atoms with Gasteiger partial charge in [0.2, 0.25) is 0 Å². The smallest absolute Gasteiger partial charge is 0.410 e. The van der Waals surface area contributed by atoms with Crippen molar-refractivity contribution in [2.75, 3.05) is 6.54 Å². The number of non-ortho nitro benzene ring substituents is 1. The van der Waals surface area contributed by atoms with Crippen LogP contribution in [0.2, 0.25) is 0 Å². The zero-order valence-electron chi connectivity index (χ0n) is 9.09. The number of hydrogen-bond donors (Lipinski definition) is 1. The minimum absolute atomic E-state index is 0.0317. The molecule has 0 aliphatic heterocycles. The molecule has 0 bridgehead atoms. The third-order valence-corrected chi connectivity index (χ3v) is 2.49. The fourth-order valence-corrected chi connectivity index (χ4v) is 1.33. The average molecular weight is 236 g/mol. The minimum atomic E-state index is -0.522. The number of nitrogens with zero attached hydrogens (tertiary/aromatic N) is 1. The lowest BCUT2D eigenvalue weighted by Gasteiger charge is -2.05. The summed E-state index contributed by atoms with van der Waals surface area (Å²) in [6.07, 6.45) is 1.78. The van der Waals surface area contributed by atoms with Gasteiger partial charge in [-0.1, -0.05) is 0 Å². The Morgan fingerprint density at radius 1 is 1.41 bits per heavy atom. The molecule has 1 aliphatic rings. The number of nitro groups is 1. The molecule has 17 heavy (non-hydrogen) atoms. The summed E-state index contributed by atoms with van der Waals surface area (Å²) >= 11 is 0. The summed E-state index contributed by atoms with van der Waals surface area (Å²) in [6, 6.07) is 5.39. The van der Waals surface area contributed by atoms with Gasteiger partial charge in [0.15, 0.2) is 0 Å². The maximum Gasteiger partial charge on any atom is 0.412 e. The number of nitrogens with one attached hydrogen (secondary N) is 1. The van der Waals surface area contributed by atoms with Gasteiger partial charge >= 0.3 is 6.09 Å². The summed E-state index contributed by atoms with van der Waals surface area (Å²) in [4.78, 5) is 21.2. The fraction of sp³-hybridized carbons (Fsp3) is 0.364. The quantitative estimate of drug-likeness (QED) is 0.641. The van der Waals surface area contributed by atoms with E-state index >= 15 is 0 Å². The maximum absolute atomic E-state index is 11.3. The van der Waals surface area contributed by atoms with E-state index in [9.17, 15) is 14.9 Å². The maximum atomic E-state index is 11.3. The number of nitro benzene ring substituents is 1. The van der Waals surface area contributed by atoms with Crippen LogP contribution in [0.15, 0.2) is 24.3 Å². The van der Waals surface area contributed by atoms with Gasteiger partial charge < -0.3 is 10.1 Å². The Balaban J connectivity index is 1.84. The van der Waals surface area contributed by atoms with Crippen molar-refractivity contribution in [2.45, 2.75) is 12.8 Å². The monoisotopic (exact) mass is 236 g/mol. The van der Waals surface area contributed by atoms with Crippen LogP contribution < -0.4 is 10.1 Å². The number of amides is 1. The molecule has 1 aromatic carbocycles. The Labute approximate surface area is 97.7 Å². The van der Waals surface area contributed by atoms with Crippen molar-refractivity contribution in [1.82, 2.24) is 5.32 Å². The highest BCUT2D eigenvalue weighted by atomic mass is 16.6. The second-order valence-electron chi connectivity index (χ2n) is 3.96. The van der Waals surface area contributed by atoms with E-state index in [1.54, 1.807) is 0 Å². The summed E-state index contributed by atoms with van der Waals surface area (Å²) in [5, 5.41) is 13.0. The van der Waals surface area contributed by atoms with E-state index < -0.39 is 11.0 Å². The zero-order chi connectivity index (χ0) is 12.3. The van der Waals surface area contributed by atoms with Crippen molar-refractivity contribution in [1.29, 1.82) is 0 Å². The van der Waals surface area contributed by atoms with E-state index in [2.05, 4.69) is 5.32 Å². The molecular weight excluding hydrogens is 224 g/mol. The summed E-state index contributed by atoms with van der Waals surface area (Å²) in [5.74, 6) is 0.878. The zero-order valence-corrected chi connectivity index (χ0v) is 9.09. The Bertz CT molecular complexity index is 426. The molecule has 1 aliphatic carbocycles. The van der Waals surface area contributed by atoms with Gasteiger partial charge in [-0.2, -0.15) is 0 Å². The fourth-order valence-electron chi connectivity index (χ4n) is 1.33. The Hall–Kier alpha value is -2.11. The minimum Gasteiger partial charge on any atom is -0.410 e. The van der Waals surface area contributed by atoms with E-state index in [0.717, 1.165) is 12.8 Å². The molecule has 0 radical (unpaired) electrons. The first-order chi connectivity index (χ1) is 8.15. The molecule has 0 aromatic heterocycles. The number of ether oxygens (including phenoxy) is 1. The van der Waals surface area contributed by atoms with Crippen molar-refractivity contribution in [3.05, 3.63) is 34.4 Å². The topological polar surface area (TPSA) is 81.5 Å². The molecule has 0 spiro atoms. The molecule has 0 atom stereocenters. The molecule has 6 nitrogen and oxygen atoms in total. The van der Waals surface area contributed by atoms with Crippen LogP contribution in [0.25, 0.3) is 0 Å². The van der Waals surface area contributed by atoms with Gasteiger partial charge in [0.1, 0.15) is 5.75 Å². The highest BCUT2D eigenvalue weighted by Crippen LogP contribution is 2.27. The average Bonchev–Trinajstić information content (AvgIpc) is 3.11.